The molecule has 0 aliphatic carbocycles. The maximum absolute atomic E-state index is 6.03. The van der Waals surface area contributed by atoms with Crippen molar-refractivity contribution in [2.45, 2.75) is 12.5 Å². The van der Waals surface area contributed by atoms with E-state index in [1.165, 1.54) is 5.56 Å². The molecule has 0 bridgehead atoms. The molecule has 0 aliphatic heterocycles. The van der Waals surface area contributed by atoms with Crippen LogP contribution in [0.15, 0.2) is 54.6 Å². The van der Waals surface area contributed by atoms with Gasteiger partial charge in [0.2, 0.25) is 0 Å². The second kappa shape index (κ2) is 6.43. The predicted octanol–water partition coefficient (Wildman–Crippen LogP) is 3.29. The molecule has 0 aliphatic rings. The monoisotopic (exact) mass is 261 g/mol. The van der Waals surface area contributed by atoms with Crippen molar-refractivity contribution in [3.63, 3.8) is 0 Å². The molecule has 0 spiro atoms. The number of hydrogen-bond acceptors (Lipinski definition) is 2. The van der Waals surface area contributed by atoms with E-state index >= 15 is 0 Å². The minimum Gasteiger partial charge on any atom is -0.492 e. The molecule has 1 atom stereocenters. The van der Waals surface area contributed by atoms with E-state index in [-0.39, 0.29) is 6.04 Å². The molecule has 2 aromatic carbocycles. The lowest BCUT2D eigenvalue weighted by molar-refractivity contribution is 0.287. The first-order chi connectivity index (χ1) is 8.74. The predicted molar refractivity (Wildman–Crippen MR) is 75.1 cm³/mol. The summed E-state index contributed by atoms with van der Waals surface area (Å²) in [6.45, 7) is 0.497. The van der Waals surface area contributed by atoms with Crippen LogP contribution in [0, 0.1) is 0 Å². The zero-order valence-corrected chi connectivity index (χ0v) is 10.8. The van der Waals surface area contributed by atoms with Crippen molar-refractivity contribution >= 4 is 11.6 Å². The van der Waals surface area contributed by atoms with Crippen molar-refractivity contribution in [2.24, 2.45) is 5.73 Å². The minimum atomic E-state index is -0.0110. The highest BCUT2D eigenvalue weighted by Crippen LogP contribution is 2.15. The Hall–Kier alpha value is -1.51. The lowest BCUT2D eigenvalue weighted by Gasteiger charge is -2.13. The van der Waals surface area contributed by atoms with Gasteiger partial charge in [-0.1, -0.05) is 41.9 Å². The fraction of sp³-hybridized carbons (Fsp3) is 0.200. The fourth-order valence-electron chi connectivity index (χ4n) is 1.71. The molecule has 0 saturated carbocycles. The molecule has 2 nitrogen and oxygen atoms in total. The second-order valence-corrected chi connectivity index (χ2v) is 4.65. The molecule has 2 aromatic rings. The van der Waals surface area contributed by atoms with E-state index in [0.717, 1.165) is 12.2 Å². The Morgan fingerprint density at radius 3 is 2.33 bits per heavy atom. The first-order valence-corrected chi connectivity index (χ1v) is 6.30. The molecular weight excluding hydrogens is 246 g/mol. The number of nitrogens with two attached hydrogens (primary N) is 1. The van der Waals surface area contributed by atoms with Crippen LogP contribution in [-0.2, 0) is 6.42 Å². The van der Waals surface area contributed by atoms with Crippen molar-refractivity contribution < 1.29 is 4.74 Å². The Morgan fingerprint density at radius 1 is 1.00 bits per heavy atom. The third-order valence-electron chi connectivity index (χ3n) is 2.62. The van der Waals surface area contributed by atoms with Gasteiger partial charge in [0.05, 0.1) is 0 Å². The van der Waals surface area contributed by atoms with Crippen LogP contribution in [0.1, 0.15) is 5.56 Å². The Bertz CT molecular complexity index is 470. The summed E-state index contributed by atoms with van der Waals surface area (Å²) >= 11 is 5.80. The number of ether oxygens (including phenoxy) is 1. The highest BCUT2D eigenvalue weighted by atomic mass is 35.5. The van der Waals surface area contributed by atoms with Gasteiger partial charge in [-0.15, -0.1) is 0 Å². The van der Waals surface area contributed by atoms with E-state index in [1.807, 2.05) is 30.3 Å². The Kier molecular flexibility index (Phi) is 4.62. The molecule has 2 rings (SSSR count). The maximum Gasteiger partial charge on any atom is 0.119 e. The zero-order valence-electron chi connectivity index (χ0n) is 10.1. The van der Waals surface area contributed by atoms with E-state index in [1.54, 1.807) is 12.1 Å². The molecule has 3 heteroatoms. The van der Waals surface area contributed by atoms with Gasteiger partial charge in [0, 0.05) is 11.1 Å². The molecule has 2 N–H and O–H groups in total. The molecule has 0 amide bonds. The molecule has 0 radical (unpaired) electrons. The normalized spacial score (nSPS) is 12.1. The maximum atomic E-state index is 6.03. The number of benzene rings is 2. The number of halogens is 1. The topological polar surface area (TPSA) is 35.2 Å². The summed E-state index contributed by atoms with van der Waals surface area (Å²) < 4.78 is 5.61. The van der Waals surface area contributed by atoms with E-state index in [0.29, 0.717) is 11.6 Å². The van der Waals surface area contributed by atoms with Crippen molar-refractivity contribution in [1.82, 2.24) is 0 Å². The van der Waals surface area contributed by atoms with Gasteiger partial charge in [0.25, 0.3) is 0 Å². The van der Waals surface area contributed by atoms with Gasteiger partial charge in [-0.05, 0) is 36.2 Å². The van der Waals surface area contributed by atoms with Crippen LogP contribution in [0.3, 0.4) is 0 Å². The highest BCUT2D eigenvalue weighted by Gasteiger charge is 2.05. The first kappa shape index (κ1) is 12.9. The summed E-state index contributed by atoms with van der Waals surface area (Å²) in [5.41, 5.74) is 7.26. The summed E-state index contributed by atoms with van der Waals surface area (Å²) in [5, 5.41) is 0.705. The standard InChI is InChI=1S/C15H16ClNO/c16-13-6-8-15(9-7-13)18-11-14(17)10-12-4-2-1-3-5-12/h1-9,14H,10-11,17H2. The quantitative estimate of drug-likeness (QED) is 0.896. The van der Waals surface area contributed by atoms with E-state index in [9.17, 15) is 0 Å². The largest absolute Gasteiger partial charge is 0.492 e. The third-order valence-corrected chi connectivity index (χ3v) is 2.87. The third kappa shape index (κ3) is 4.06. The molecule has 0 fully saturated rings. The van der Waals surface area contributed by atoms with Crippen molar-refractivity contribution in [3.8, 4) is 5.75 Å². The summed E-state index contributed by atoms with van der Waals surface area (Å²) in [6.07, 6.45) is 0.814. The van der Waals surface area contributed by atoms with Crippen LogP contribution in [0.25, 0.3) is 0 Å². The summed E-state index contributed by atoms with van der Waals surface area (Å²) in [4.78, 5) is 0. The van der Waals surface area contributed by atoms with Crippen molar-refractivity contribution in [2.75, 3.05) is 6.61 Å². The lowest BCUT2D eigenvalue weighted by atomic mass is 10.1. The van der Waals surface area contributed by atoms with Crippen LogP contribution >= 0.6 is 11.6 Å². The smallest absolute Gasteiger partial charge is 0.119 e. The minimum absolute atomic E-state index is 0.0110. The van der Waals surface area contributed by atoms with Gasteiger partial charge in [0.1, 0.15) is 12.4 Å². The summed E-state index contributed by atoms with van der Waals surface area (Å²) in [7, 11) is 0. The average molecular weight is 262 g/mol. The van der Waals surface area contributed by atoms with Crippen LogP contribution in [-0.4, -0.2) is 12.6 Å². The van der Waals surface area contributed by atoms with Gasteiger partial charge < -0.3 is 10.5 Å². The number of hydrogen-bond donors (Lipinski definition) is 1. The Balaban J connectivity index is 1.81. The SMILES string of the molecule is NC(COc1ccc(Cl)cc1)Cc1ccccc1. The molecular formula is C15H16ClNO. The Labute approximate surface area is 112 Å². The van der Waals surface area contributed by atoms with E-state index in [4.69, 9.17) is 22.1 Å². The van der Waals surface area contributed by atoms with Gasteiger partial charge in [-0.3, -0.25) is 0 Å². The molecule has 1 unspecified atom stereocenters. The van der Waals surface area contributed by atoms with Crippen LogP contribution < -0.4 is 10.5 Å². The molecule has 0 heterocycles. The summed E-state index contributed by atoms with van der Waals surface area (Å²) in [6, 6.07) is 17.5. The second-order valence-electron chi connectivity index (χ2n) is 4.21. The molecule has 0 aromatic heterocycles. The molecule has 0 saturated heterocycles. The summed E-state index contributed by atoms with van der Waals surface area (Å²) in [5.74, 6) is 0.794. The van der Waals surface area contributed by atoms with E-state index < -0.39 is 0 Å². The van der Waals surface area contributed by atoms with E-state index in [2.05, 4.69) is 12.1 Å². The van der Waals surface area contributed by atoms with Gasteiger partial charge in [-0.2, -0.15) is 0 Å². The zero-order chi connectivity index (χ0) is 12.8. The van der Waals surface area contributed by atoms with Gasteiger partial charge in [0.15, 0.2) is 0 Å². The number of rotatable bonds is 5. The van der Waals surface area contributed by atoms with Crippen molar-refractivity contribution in [3.05, 3.63) is 65.2 Å². The lowest BCUT2D eigenvalue weighted by Crippen LogP contribution is -2.30. The molecule has 18 heavy (non-hydrogen) atoms. The van der Waals surface area contributed by atoms with Crippen LogP contribution in [0.4, 0.5) is 0 Å². The Morgan fingerprint density at radius 2 is 1.67 bits per heavy atom. The fourth-order valence-corrected chi connectivity index (χ4v) is 1.84. The van der Waals surface area contributed by atoms with Gasteiger partial charge >= 0.3 is 0 Å². The van der Waals surface area contributed by atoms with Crippen molar-refractivity contribution in [1.29, 1.82) is 0 Å². The molecule has 94 valence electrons. The average Bonchev–Trinajstić information content (AvgIpc) is 2.39. The first-order valence-electron chi connectivity index (χ1n) is 5.92. The van der Waals surface area contributed by atoms with Crippen LogP contribution in [0.5, 0.6) is 5.75 Å². The van der Waals surface area contributed by atoms with Crippen LogP contribution in [0.2, 0.25) is 5.02 Å². The van der Waals surface area contributed by atoms with Gasteiger partial charge in [-0.25, -0.2) is 0 Å². The highest BCUT2D eigenvalue weighted by molar-refractivity contribution is 6.30.